The highest BCUT2D eigenvalue weighted by molar-refractivity contribution is 7.94. The van der Waals surface area contributed by atoms with Gasteiger partial charge in [-0.2, -0.15) is 0 Å². The van der Waals surface area contributed by atoms with E-state index in [-0.39, 0.29) is 6.04 Å². The smallest absolute Gasteiger partial charge is 0.177 e. The summed E-state index contributed by atoms with van der Waals surface area (Å²) in [7, 11) is -2.80. The molecule has 0 aromatic rings. The van der Waals surface area contributed by atoms with E-state index in [1.54, 1.807) is 0 Å². The van der Waals surface area contributed by atoms with Gasteiger partial charge in [-0.15, -0.1) is 0 Å². The van der Waals surface area contributed by atoms with Crippen LogP contribution in [0.2, 0.25) is 0 Å². The highest BCUT2D eigenvalue weighted by Gasteiger charge is 2.37. The average molecular weight is 160 g/mol. The Hall–Kier alpha value is -0.350. The van der Waals surface area contributed by atoms with E-state index in [1.807, 2.05) is 6.08 Å². The molecule has 0 bridgehead atoms. The largest absolute Gasteiger partial charge is 0.319 e. The van der Waals surface area contributed by atoms with Crippen molar-refractivity contribution < 1.29 is 13.3 Å². The maximum absolute atomic E-state index is 10.9. The molecule has 0 spiro atoms. The van der Waals surface area contributed by atoms with Gasteiger partial charge in [0.2, 0.25) is 0 Å². The molecule has 2 aliphatic heterocycles. The van der Waals surface area contributed by atoms with Crippen LogP contribution in [0, 0.1) is 0 Å². The molecule has 2 rings (SSSR count). The molecule has 2 aliphatic rings. The summed E-state index contributed by atoms with van der Waals surface area (Å²) in [5.74, 6) is 0.336. The van der Waals surface area contributed by atoms with Crippen molar-refractivity contribution in [3.05, 3.63) is 11.5 Å². The van der Waals surface area contributed by atoms with Gasteiger partial charge in [-0.25, -0.2) is 8.42 Å². The summed E-state index contributed by atoms with van der Waals surface area (Å²) in [6, 6.07) is 0.269. The Kier molecular flexibility index (Phi) is 1.16. The van der Waals surface area contributed by atoms with E-state index < -0.39 is 9.84 Å². The zero-order valence-corrected chi connectivity index (χ0v) is 6.39. The molecule has 0 unspecified atom stereocenters. The predicted octanol–water partition coefficient (Wildman–Crippen LogP) is -1.80. The van der Waals surface area contributed by atoms with Gasteiger partial charge in [0.1, 0.15) is 24.9 Å². The minimum atomic E-state index is -2.80. The quantitative estimate of drug-likeness (QED) is 0.459. The summed E-state index contributed by atoms with van der Waals surface area (Å²) in [6.45, 7) is 2.29. The lowest BCUT2D eigenvalue weighted by molar-refractivity contribution is -0.777. The lowest BCUT2D eigenvalue weighted by Gasteiger charge is -2.00. The van der Waals surface area contributed by atoms with Crippen molar-refractivity contribution in [1.82, 2.24) is 0 Å². The number of hydrogen-bond acceptors (Lipinski definition) is 2. The summed E-state index contributed by atoms with van der Waals surface area (Å²) in [5, 5.41) is 1.35. The Balaban J connectivity index is 2.14. The fourth-order valence-corrected chi connectivity index (χ4v) is 2.66. The van der Waals surface area contributed by atoms with Crippen molar-refractivity contribution in [3.8, 4) is 0 Å². The molecule has 1 N–H and O–H groups in total. The van der Waals surface area contributed by atoms with E-state index in [9.17, 15) is 8.42 Å². The number of rotatable bonds is 1. The van der Waals surface area contributed by atoms with E-state index >= 15 is 0 Å². The molecule has 3 nitrogen and oxygen atoms in total. The minimum absolute atomic E-state index is 0.269. The van der Waals surface area contributed by atoms with Gasteiger partial charge in [0.25, 0.3) is 0 Å². The van der Waals surface area contributed by atoms with E-state index in [1.165, 1.54) is 10.3 Å². The van der Waals surface area contributed by atoms with Crippen LogP contribution in [0.3, 0.4) is 0 Å². The molecule has 0 aromatic heterocycles. The van der Waals surface area contributed by atoms with Crippen LogP contribution in [-0.2, 0) is 9.84 Å². The first-order valence-corrected chi connectivity index (χ1v) is 5.14. The molecular formula is C6H10NO2S+. The van der Waals surface area contributed by atoms with Gasteiger partial charge in [0.05, 0.1) is 0 Å². The maximum atomic E-state index is 10.9. The number of hydrogen-bond donors (Lipinski definition) is 1. The van der Waals surface area contributed by atoms with Crippen LogP contribution < -0.4 is 4.90 Å². The van der Waals surface area contributed by atoms with Crippen molar-refractivity contribution in [3.63, 3.8) is 0 Å². The third-order valence-electron chi connectivity index (χ3n) is 1.99. The monoisotopic (exact) mass is 160 g/mol. The highest BCUT2D eigenvalue weighted by Crippen LogP contribution is 2.06. The Morgan fingerprint density at radius 1 is 1.40 bits per heavy atom. The molecular weight excluding hydrogens is 150 g/mol. The SMILES string of the molecule is O=S1(=O)C=C[C@@H]([NH+]2CC2)C1. The van der Waals surface area contributed by atoms with Gasteiger partial charge in [-0.3, -0.25) is 0 Å². The van der Waals surface area contributed by atoms with Crippen LogP contribution in [0.15, 0.2) is 11.5 Å². The van der Waals surface area contributed by atoms with E-state index in [2.05, 4.69) is 0 Å². The Morgan fingerprint density at radius 2 is 2.10 bits per heavy atom. The second kappa shape index (κ2) is 1.83. The van der Waals surface area contributed by atoms with Crippen LogP contribution in [0.5, 0.6) is 0 Å². The zero-order chi connectivity index (χ0) is 7.19. The molecule has 0 radical (unpaired) electrons. The fraction of sp³-hybridized carbons (Fsp3) is 0.667. The summed E-state index contributed by atoms with van der Waals surface area (Å²) < 4.78 is 21.7. The maximum Gasteiger partial charge on any atom is 0.177 e. The van der Waals surface area contributed by atoms with Gasteiger partial charge in [-0.05, 0) is 6.08 Å². The molecule has 1 fully saturated rings. The summed E-state index contributed by atoms with van der Waals surface area (Å²) in [6.07, 6.45) is 1.82. The Labute approximate surface area is 60.2 Å². The predicted molar refractivity (Wildman–Crippen MR) is 37.4 cm³/mol. The summed E-state index contributed by atoms with van der Waals surface area (Å²) in [5.41, 5.74) is 0. The first-order chi connectivity index (χ1) is 4.67. The molecule has 10 heavy (non-hydrogen) atoms. The molecule has 0 saturated carbocycles. The van der Waals surface area contributed by atoms with E-state index in [0.717, 1.165) is 13.1 Å². The fourth-order valence-electron chi connectivity index (χ4n) is 1.27. The lowest BCUT2D eigenvalue weighted by atomic mass is 10.3. The summed E-state index contributed by atoms with van der Waals surface area (Å²) >= 11 is 0. The number of nitrogens with one attached hydrogen (secondary N) is 1. The Morgan fingerprint density at radius 3 is 2.50 bits per heavy atom. The molecule has 1 saturated heterocycles. The van der Waals surface area contributed by atoms with Gasteiger partial charge < -0.3 is 4.90 Å². The van der Waals surface area contributed by atoms with Crippen LogP contribution in [0.25, 0.3) is 0 Å². The molecule has 56 valence electrons. The first-order valence-electron chi connectivity index (χ1n) is 3.43. The average Bonchev–Trinajstić information content (AvgIpc) is 2.59. The standard InChI is InChI=1S/C6H9NO2S/c8-10(9)4-1-6(5-10)7-2-3-7/h1,4,6H,2-3,5H2/p+1/t6-/m1/s1. The van der Waals surface area contributed by atoms with Crippen molar-refractivity contribution in [2.24, 2.45) is 0 Å². The normalized spacial score (nSPS) is 36.6. The first kappa shape index (κ1) is 6.37. The van der Waals surface area contributed by atoms with Crippen molar-refractivity contribution >= 4 is 9.84 Å². The summed E-state index contributed by atoms with van der Waals surface area (Å²) in [4.78, 5) is 1.41. The van der Waals surface area contributed by atoms with Crippen molar-refractivity contribution in [1.29, 1.82) is 0 Å². The molecule has 0 amide bonds. The molecule has 0 aromatic carbocycles. The van der Waals surface area contributed by atoms with Gasteiger partial charge in [0, 0.05) is 5.41 Å². The molecule has 4 heteroatoms. The van der Waals surface area contributed by atoms with Gasteiger partial charge in [-0.1, -0.05) is 0 Å². The third-order valence-corrected chi connectivity index (χ3v) is 3.39. The minimum Gasteiger partial charge on any atom is -0.319 e. The third kappa shape index (κ3) is 1.09. The van der Waals surface area contributed by atoms with Crippen molar-refractivity contribution in [2.75, 3.05) is 18.8 Å². The lowest BCUT2D eigenvalue weighted by Crippen LogP contribution is -2.97. The van der Waals surface area contributed by atoms with Crippen LogP contribution >= 0.6 is 0 Å². The number of quaternary nitrogens is 1. The topological polar surface area (TPSA) is 38.6 Å². The van der Waals surface area contributed by atoms with Crippen LogP contribution in [-0.4, -0.2) is 33.3 Å². The highest BCUT2D eigenvalue weighted by atomic mass is 32.2. The number of sulfone groups is 1. The molecule has 2 heterocycles. The molecule has 0 aliphatic carbocycles. The van der Waals surface area contributed by atoms with E-state index in [4.69, 9.17) is 0 Å². The van der Waals surface area contributed by atoms with E-state index in [0.29, 0.717) is 5.75 Å². The second-order valence-electron chi connectivity index (χ2n) is 2.92. The zero-order valence-electron chi connectivity index (χ0n) is 5.58. The van der Waals surface area contributed by atoms with Crippen LogP contribution in [0.4, 0.5) is 0 Å². The van der Waals surface area contributed by atoms with Crippen molar-refractivity contribution in [2.45, 2.75) is 6.04 Å². The van der Waals surface area contributed by atoms with Gasteiger partial charge >= 0.3 is 0 Å². The van der Waals surface area contributed by atoms with Crippen LogP contribution in [0.1, 0.15) is 0 Å². The second-order valence-corrected chi connectivity index (χ2v) is 4.85. The molecule has 1 atom stereocenters. The Bertz CT molecular complexity index is 263. The van der Waals surface area contributed by atoms with Gasteiger partial charge in [0.15, 0.2) is 9.84 Å².